The first kappa shape index (κ1) is 18.8. The van der Waals surface area contributed by atoms with E-state index in [1.165, 1.54) is 18.5 Å². The van der Waals surface area contributed by atoms with Crippen LogP contribution in [0.2, 0.25) is 0 Å². The standard InChI is InChI=1S/C20H18N4O4/c1-3-12-13-7-11(2)8-14(20(26)27)17(13)28-16(12)10-24-19(25)15(9-21)18-22-5-4-6-23-18/h3-9H,1,10,21H2,2H3,(H,24,25)(H,26,27)/b15-9+. The highest BCUT2D eigenvalue weighted by molar-refractivity contribution is 6.18. The Morgan fingerprint density at radius 2 is 2.04 bits per heavy atom. The molecule has 0 aliphatic rings. The maximum Gasteiger partial charge on any atom is 0.339 e. The van der Waals surface area contributed by atoms with Crippen LogP contribution in [0.5, 0.6) is 0 Å². The predicted molar refractivity (Wildman–Crippen MR) is 104 cm³/mol. The Hall–Kier alpha value is -3.94. The lowest BCUT2D eigenvalue weighted by Gasteiger charge is -2.06. The van der Waals surface area contributed by atoms with Gasteiger partial charge in [-0.2, -0.15) is 0 Å². The van der Waals surface area contributed by atoms with Crippen LogP contribution in [-0.2, 0) is 11.3 Å². The molecular formula is C20H18N4O4. The lowest BCUT2D eigenvalue weighted by Crippen LogP contribution is -2.25. The number of aryl methyl sites for hydroxylation is 1. The van der Waals surface area contributed by atoms with Crippen molar-refractivity contribution >= 4 is 34.5 Å². The summed E-state index contributed by atoms with van der Waals surface area (Å²) in [6, 6.07) is 4.98. The van der Waals surface area contributed by atoms with Gasteiger partial charge >= 0.3 is 5.97 Å². The van der Waals surface area contributed by atoms with Crippen LogP contribution < -0.4 is 11.1 Å². The number of amides is 1. The smallest absolute Gasteiger partial charge is 0.339 e. The van der Waals surface area contributed by atoms with Gasteiger partial charge in [-0.25, -0.2) is 14.8 Å². The van der Waals surface area contributed by atoms with Crippen LogP contribution in [0.4, 0.5) is 0 Å². The van der Waals surface area contributed by atoms with E-state index < -0.39 is 11.9 Å². The number of rotatable bonds is 6. The third kappa shape index (κ3) is 3.48. The zero-order chi connectivity index (χ0) is 20.3. The highest BCUT2D eigenvalue weighted by Crippen LogP contribution is 2.31. The molecule has 142 valence electrons. The number of fused-ring (bicyclic) bond motifs is 1. The van der Waals surface area contributed by atoms with Gasteiger partial charge in [0, 0.05) is 29.5 Å². The van der Waals surface area contributed by atoms with Gasteiger partial charge in [0.2, 0.25) is 0 Å². The molecule has 8 heteroatoms. The first-order valence-electron chi connectivity index (χ1n) is 8.35. The van der Waals surface area contributed by atoms with E-state index in [-0.39, 0.29) is 29.1 Å². The third-order valence-electron chi connectivity index (χ3n) is 4.11. The number of nitrogens with one attached hydrogen (secondary N) is 1. The number of hydrogen-bond donors (Lipinski definition) is 3. The second-order valence-electron chi connectivity index (χ2n) is 5.97. The number of nitrogens with two attached hydrogens (primary N) is 1. The van der Waals surface area contributed by atoms with Gasteiger partial charge in [0.1, 0.15) is 16.9 Å². The molecule has 1 aromatic carbocycles. The first-order valence-corrected chi connectivity index (χ1v) is 8.35. The molecule has 28 heavy (non-hydrogen) atoms. The molecular weight excluding hydrogens is 360 g/mol. The molecule has 0 bridgehead atoms. The average molecular weight is 378 g/mol. The van der Waals surface area contributed by atoms with E-state index >= 15 is 0 Å². The van der Waals surface area contributed by atoms with Gasteiger partial charge in [-0.05, 0) is 30.7 Å². The molecule has 2 aromatic heterocycles. The lowest BCUT2D eigenvalue weighted by atomic mass is 10.0. The number of carboxylic acid groups (broad SMARTS) is 1. The molecule has 0 aliphatic carbocycles. The van der Waals surface area contributed by atoms with Crippen molar-refractivity contribution in [3.8, 4) is 0 Å². The quantitative estimate of drug-likeness (QED) is 0.562. The van der Waals surface area contributed by atoms with Crippen molar-refractivity contribution in [1.29, 1.82) is 0 Å². The summed E-state index contributed by atoms with van der Waals surface area (Å²) in [7, 11) is 0. The highest BCUT2D eigenvalue weighted by Gasteiger charge is 2.20. The van der Waals surface area contributed by atoms with Crippen molar-refractivity contribution in [1.82, 2.24) is 15.3 Å². The number of aromatic nitrogens is 2. The zero-order valence-electron chi connectivity index (χ0n) is 15.1. The SMILES string of the molecule is C=Cc1c(CNC(=O)/C(=C/N)c2ncccn2)oc2c(C(=O)O)cc(C)cc12. The highest BCUT2D eigenvalue weighted by atomic mass is 16.4. The second kappa shape index (κ2) is 7.75. The minimum atomic E-state index is -1.09. The number of hydrogen-bond acceptors (Lipinski definition) is 6. The van der Waals surface area contributed by atoms with Gasteiger partial charge < -0.3 is 20.6 Å². The minimum absolute atomic E-state index is 0.0111. The molecule has 0 saturated heterocycles. The summed E-state index contributed by atoms with van der Waals surface area (Å²) in [5.74, 6) is -1.00. The van der Waals surface area contributed by atoms with Gasteiger partial charge in [0.05, 0.1) is 12.1 Å². The molecule has 0 aliphatic heterocycles. The first-order chi connectivity index (χ1) is 13.5. The topological polar surface area (TPSA) is 131 Å². The molecule has 0 unspecified atom stereocenters. The van der Waals surface area contributed by atoms with Crippen molar-refractivity contribution in [3.05, 3.63) is 71.6 Å². The Morgan fingerprint density at radius 3 is 2.64 bits per heavy atom. The van der Waals surface area contributed by atoms with E-state index in [1.54, 1.807) is 19.1 Å². The van der Waals surface area contributed by atoms with Gasteiger partial charge in [0.15, 0.2) is 5.82 Å². The summed E-state index contributed by atoms with van der Waals surface area (Å²) in [6.45, 7) is 5.58. The number of nitrogens with zero attached hydrogens (tertiary/aromatic N) is 2. The largest absolute Gasteiger partial charge is 0.478 e. The molecule has 3 aromatic rings. The molecule has 3 rings (SSSR count). The summed E-state index contributed by atoms with van der Waals surface area (Å²) in [5, 5.41) is 12.8. The van der Waals surface area contributed by atoms with Gasteiger partial charge in [-0.3, -0.25) is 4.79 Å². The Bertz CT molecular complexity index is 1100. The molecule has 1 amide bonds. The molecule has 0 saturated carbocycles. The molecule has 8 nitrogen and oxygen atoms in total. The van der Waals surface area contributed by atoms with Crippen LogP contribution in [0.3, 0.4) is 0 Å². The summed E-state index contributed by atoms with van der Waals surface area (Å²) < 4.78 is 5.76. The fraction of sp³-hybridized carbons (Fsp3) is 0.100. The maximum atomic E-state index is 12.5. The van der Waals surface area contributed by atoms with E-state index in [2.05, 4.69) is 21.9 Å². The molecule has 0 spiro atoms. The van der Waals surface area contributed by atoms with E-state index in [0.29, 0.717) is 16.7 Å². The molecule has 0 radical (unpaired) electrons. The molecule has 4 N–H and O–H groups in total. The minimum Gasteiger partial charge on any atom is -0.478 e. The van der Waals surface area contributed by atoms with Crippen molar-refractivity contribution in [2.24, 2.45) is 5.73 Å². The number of aromatic carboxylic acids is 1. The molecule has 0 fully saturated rings. The van der Waals surface area contributed by atoms with Crippen molar-refractivity contribution in [2.75, 3.05) is 0 Å². The third-order valence-corrected chi connectivity index (χ3v) is 4.11. The van der Waals surface area contributed by atoms with Crippen LogP contribution in [0, 0.1) is 6.92 Å². The number of carboxylic acids is 1. The Balaban J connectivity index is 1.92. The number of furan rings is 1. The van der Waals surface area contributed by atoms with Gasteiger partial charge in [-0.15, -0.1) is 0 Å². The van der Waals surface area contributed by atoms with Gasteiger partial charge in [0.25, 0.3) is 5.91 Å². The van der Waals surface area contributed by atoms with E-state index in [1.807, 2.05) is 6.07 Å². The maximum absolute atomic E-state index is 12.5. The average Bonchev–Trinajstić information content (AvgIpc) is 3.04. The summed E-state index contributed by atoms with van der Waals surface area (Å²) in [5.41, 5.74) is 7.35. The van der Waals surface area contributed by atoms with Crippen LogP contribution in [-0.4, -0.2) is 27.0 Å². The van der Waals surface area contributed by atoms with Crippen LogP contribution in [0.1, 0.15) is 33.1 Å². The number of carbonyl (C=O) groups excluding carboxylic acids is 1. The Kier molecular flexibility index (Phi) is 5.21. The number of benzene rings is 1. The molecule has 2 heterocycles. The van der Waals surface area contributed by atoms with Crippen LogP contribution >= 0.6 is 0 Å². The zero-order valence-corrected chi connectivity index (χ0v) is 15.1. The normalized spacial score (nSPS) is 11.4. The second-order valence-corrected chi connectivity index (χ2v) is 5.97. The fourth-order valence-corrected chi connectivity index (χ4v) is 2.87. The van der Waals surface area contributed by atoms with Gasteiger partial charge in [-0.1, -0.05) is 12.7 Å². The van der Waals surface area contributed by atoms with Crippen molar-refractivity contribution in [2.45, 2.75) is 13.5 Å². The monoisotopic (exact) mass is 378 g/mol. The van der Waals surface area contributed by atoms with Crippen LogP contribution in [0.15, 0.2) is 47.8 Å². The lowest BCUT2D eigenvalue weighted by molar-refractivity contribution is -0.115. The fourth-order valence-electron chi connectivity index (χ4n) is 2.87. The van der Waals surface area contributed by atoms with Crippen LogP contribution in [0.25, 0.3) is 22.6 Å². The molecule has 0 atom stereocenters. The predicted octanol–water partition coefficient (Wildman–Crippen LogP) is 2.49. The van der Waals surface area contributed by atoms with E-state index in [0.717, 1.165) is 11.8 Å². The summed E-state index contributed by atoms with van der Waals surface area (Å²) in [6.07, 6.45) is 5.70. The summed E-state index contributed by atoms with van der Waals surface area (Å²) >= 11 is 0. The summed E-state index contributed by atoms with van der Waals surface area (Å²) in [4.78, 5) is 32.0. The Labute approximate surface area is 160 Å². The van der Waals surface area contributed by atoms with E-state index in [4.69, 9.17) is 10.2 Å². The Morgan fingerprint density at radius 1 is 1.32 bits per heavy atom. The van der Waals surface area contributed by atoms with Crippen molar-refractivity contribution < 1.29 is 19.1 Å². The van der Waals surface area contributed by atoms with E-state index in [9.17, 15) is 14.7 Å². The number of carbonyl (C=O) groups is 2. The van der Waals surface area contributed by atoms with Crippen molar-refractivity contribution in [3.63, 3.8) is 0 Å².